The van der Waals surface area contributed by atoms with Gasteiger partial charge < -0.3 is 5.32 Å². The van der Waals surface area contributed by atoms with Gasteiger partial charge in [0.25, 0.3) is 0 Å². The number of hydrogen-bond acceptors (Lipinski definition) is 1. The number of hydrogen-bond donors (Lipinski definition) is 1. The third-order valence-corrected chi connectivity index (χ3v) is 2.69. The molecule has 1 N–H and O–H groups in total. The summed E-state index contributed by atoms with van der Waals surface area (Å²) >= 11 is 0. The molecule has 1 aromatic carbocycles. The Kier molecular flexibility index (Phi) is 2.32. The summed E-state index contributed by atoms with van der Waals surface area (Å²) in [6.07, 6.45) is 1.13. The molecular formula is C11H14FN. The van der Waals surface area contributed by atoms with E-state index in [9.17, 15) is 4.39 Å². The Hall–Kier alpha value is -0.890. The van der Waals surface area contributed by atoms with Gasteiger partial charge >= 0.3 is 0 Å². The summed E-state index contributed by atoms with van der Waals surface area (Å²) in [5.41, 5.74) is 0.891. The van der Waals surface area contributed by atoms with Crippen LogP contribution >= 0.6 is 0 Å². The molecule has 2 rings (SSSR count). The maximum Gasteiger partial charge on any atom is 0.126 e. The molecule has 1 nitrogen and oxygen atoms in total. The van der Waals surface area contributed by atoms with Crippen LogP contribution in [0, 0.1) is 11.7 Å². The molecule has 0 aliphatic heterocycles. The van der Waals surface area contributed by atoms with E-state index in [4.69, 9.17) is 0 Å². The minimum Gasteiger partial charge on any atom is -0.319 e. The van der Waals surface area contributed by atoms with Crippen LogP contribution in [0.1, 0.15) is 17.9 Å². The van der Waals surface area contributed by atoms with Gasteiger partial charge in [0, 0.05) is 0 Å². The van der Waals surface area contributed by atoms with Crippen molar-refractivity contribution in [1.82, 2.24) is 5.32 Å². The molecule has 0 bridgehead atoms. The normalized spacial score (nSPS) is 26.0. The smallest absolute Gasteiger partial charge is 0.126 e. The Labute approximate surface area is 78.0 Å². The summed E-state index contributed by atoms with van der Waals surface area (Å²) in [7, 11) is 1.94. The molecule has 1 fully saturated rings. The highest BCUT2D eigenvalue weighted by Gasteiger charge is 2.38. The molecule has 0 saturated heterocycles. The van der Waals surface area contributed by atoms with Crippen LogP contribution in [0.15, 0.2) is 24.3 Å². The lowest BCUT2D eigenvalue weighted by Crippen LogP contribution is -2.10. The van der Waals surface area contributed by atoms with Crippen LogP contribution in [-0.2, 0) is 0 Å². The topological polar surface area (TPSA) is 12.0 Å². The van der Waals surface area contributed by atoms with Gasteiger partial charge in [-0.3, -0.25) is 0 Å². The molecule has 0 heterocycles. The number of halogens is 1. The van der Waals surface area contributed by atoms with Gasteiger partial charge in [-0.25, -0.2) is 4.39 Å². The fourth-order valence-electron chi connectivity index (χ4n) is 1.89. The summed E-state index contributed by atoms with van der Waals surface area (Å²) in [4.78, 5) is 0. The summed E-state index contributed by atoms with van der Waals surface area (Å²) in [5, 5.41) is 3.13. The summed E-state index contributed by atoms with van der Waals surface area (Å²) in [6.45, 7) is 0.999. The highest BCUT2D eigenvalue weighted by molar-refractivity contribution is 5.27. The lowest BCUT2D eigenvalue weighted by atomic mass is 10.1. The molecule has 13 heavy (non-hydrogen) atoms. The first kappa shape index (κ1) is 8.70. The predicted octanol–water partition coefficient (Wildman–Crippen LogP) is 2.15. The second-order valence-corrected chi connectivity index (χ2v) is 3.68. The maximum atomic E-state index is 13.3. The molecule has 0 radical (unpaired) electrons. The lowest BCUT2D eigenvalue weighted by Gasteiger charge is -2.01. The molecule has 2 heteroatoms. The Balaban J connectivity index is 2.07. The molecule has 2 unspecified atom stereocenters. The van der Waals surface area contributed by atoms with Crippen LogP contribution in [0.3, 0.4) is 0 Å². The molecule has 1 aliphatic carbocycles. The third kappa shape index (κ3) is 1.73. The second-order valence-electron chi connectivity index (χ2n) is 3.68. The average Bonchev–Trinajstić information content (AvgIpc) is 2.86. The number of benzene rings is 1. The summed E-state index contributed by atoms with van der Waals surface area (Å²) < 4.78 is 13.3. The Morgan fingerprint density at radius 2 is 2.23 bits per heavy atom. The Morgan fingerprint density at radius 1 is 1.46 bits per heavy atom. The minimum atomic E-state index is -0.0499. The van der Waals surface area contributed by atoms with Gasteiger partial charge in [0.2, 0.25) is 0 Å². The highest BCUT2D eigenvalue weighted by atomic mass is 19.1. The van der Waals surface area contributed by atoms with Crippen LogP contribution < -0.4 is 5.32 Å². The van der Waals surface area contributed by atoms with Gasteiger partial charge in [-0.2, -0.15) is 0 Å². The van der Waals surface area contributed by atoms with E-state index in [-0.39, 0.29) is 5.82 Å². The van der Waals surface area contributed by atoms with E-state index in [1.165, 1.54) is 0 Å². The fourth-order valence-corrected chi connectivity index (χ4v) is 1.89. The Bertz CT molecular complexity index is 298. The molecule has 1 aliphatic rings. The van der Waals surface area contributed by atoms with Crippen molar-refractivity contribution in [3.8, 4) is 0 Å². The van der Waals surface area contributed by atoms with Crippen molar-refractivity contribution in [1.29, 1.82) is 0 Å². The molecule has 70 valence electrons. The van der Waals surface area contributed by atoms with Crippen LogP contribution in [0.5, 0.6) is 0 Å². The van der Waals surface area contributed by atoms with Crippen LogP contribution in [-0.4, -0.2) is 13.6 Å². The highest BCUT2D eigenvalue weighted by Crippen LogP contribution is 2.47. The van der Waals surface area contributed by atoms with Gasteiger partial charge in [0.15, 0.2) is 0 Å². The van der Waals surface area contributed by atoms with Crippen LogP contribution in [0.25, 0.3) is 0 Å². The zero-order valence-electron chi connectivity index (χ0n) is 7.76. The van der Waals surface area contributed by atoms with E-state index in [1.807, 2.05) is 19.2 Å². The van der Waals surface area contributed by atoms with Gasteiger partial charge in [-0.1, -0.05) is 18.2 Å². The van der Waals surface area contributed by atoms with Crippen molar-refractivity contribution in [2.24, 2.45) is 5.92 Å². The first-order valence-corrected chi connectivity index (χ1v) is 4.72. The molecule has 0 aromatic heterocycles. The molecular weight excluding hydrogens is 165 g/mol. The first-order chi connectivity index (χ1) is 6.33. The zero-order valence-corrected chi connectivity index (χ0v) is 7.76. The molecule has 1 aromatic rings. The van der Waals surface area contributed by atoms with Gasteiger partial charge in [0.05, 0.1) is 0 Å². The van der Waals surface area contributed by atoms with Crippen molar-refractivity contribution in [2.75, 3.05) is 13.6 Å². The largest absolute Gasteiger partial charge is 0.319 e. The molecule has 1 saturated carbocycles. The standard InChI is InChI=1S/C11H14FN/c1-13-7-8-6-10(8)9-4-2-3-5-11(9)12/h2-5,8,10,13H,6-7H2,1H3. The van der Waals surface area contributed by atoms with E-state index < -0.39 is 0 Å². The molecule has 0 amide bonds. The van der Waals surface area contributed by atoms with E-state index in [0.29, 0.717) is 11.8 Å². The van der Waals surface area contributed by atoms with Crippen LogP contribution in [0.4, 0.5) is 4.39 Å². The van der Waals surface area contributed by atoms with Crippen molar-refractivity contribution in [3.05, 3.63) is 35.6 Å². The maximum absolute atomic E-state index is 13.3. The summed E-state index contributed by atoms with van der Waals surface area (Å²) in [5.74, 6) is 1.04. The minimum absolute atomic E-state index is 0.0499. The monoisotopic (exact) mass is 179 g/mol. The van der Waals surface area contributed by atoms with Gasteiger partial charge in [0.1, 0.15) is 5.82 Å². The zero-order chi connectivity index (χ0) is 9.26. The van der Waals surface area contributed by atoms with Crippen molar-refractivity contribution in [3.63, 3.8) is 0 Å². The van der Waals surface area contributed by atoms with E-state index >= 15 is 0 Å². The fraction of sp³-hybridized carbons (Fsp3) is 0.455. The quantitative estimate of drug-likeness (QED) is 0.749. The number of nitrogens with one attached hydrogen (secondary N) is 1. The molecule has 2 atom stereocenters. The van der Waals surface area contributed by atoms with Crippen molar-refractivity contribution < 1.29 is 4.39 Å². The molecule has 0 spiro atoms. The van der Waals surface area contributed by atoms with Gasteiger partial charge in [-0.15, -0.1) is 0 Å². The van der Waals surface area contributed by atoms with Gasteiger partial charge in [-0.05, 0) is 43.5 Å². The summed E-state index contributed by atoms with van der Waals surface area (Å²) in [6, 6.07) is 7.10. The average molecular weight is 179 g/mol. The number of rotatable bonds is 3. The first-order valence-electron chi connectivity index (χ1n) is 4.72. The van der Waals surface area contributed by atoms with E-state index in [2.05, 4.69) is 5.32 Å². The predicted molar refractivity (Wildman–Crippen MR) is 51.2 cm³/mol. The van der Waals surface area contributed by atoms with Crippen molar-refractivity contribution >= 4 is 0 Å². The van der Waals surface area contributed by atoms with E-state index in [1.54, 1.807) is 12.1 Å². The lowest BCUT2D eigenvalue weighted by molar-refractivity contribution is 0.602. The van der Waals surface area contributed by atoms with E-state index in [0.717, 1.165) is 18.5 Å². The van der Waals surface area contributed by atoms with Crippen LogP contribution in [0.2, 0.25) is 0 Å². The van der Waals surface area contributed by atoms with Crippen molar-refractivity contribution in [2.45, 2.75) is 12.3 Å². The third-order valence-electron chi connectivity index (χ3n) is 2.69. The SMILES string of the molecule is CNCC1CC1c1ccccc1F. The Morgan fingerprint density at radius 3 is 2.92 bits per heavy atom. The second kappa shape index (κ2) is 3.46.